The van der Waals surface area contributed by atoms with Crippen molar-refractivity contribution in [2.75, 3.05) is 26.4 Å². The van der Waals surface area contributed by atoms with Crippen LogP contribution in [0.4, 0.5) is 0 Å². The molecule has 54 heavy (non-hydrogen) atoms. The van der Waals surface area contributed by atoms with Crippen LogP contribution >= 0.6 is 7.82 Å². The molecule has 0 rings (SSSR count). The Bertz CT molecular complexity index is 1050. The average Bonchev–Trinajstić information content (AvgIpc) is 3.15. The summed E-state index contributed by atoms with van der Waals surface area (Å²) in [4.78, 5) is 34.8. The molecule has 0 bridgehead atoms. The fraction of sp³-hybridized carbons (Fsp3) is 0.767. The summed E-state index contributed by atoms with van der Waals surface area (Å²) in [7, 11) is -4.40. The number of aliphatic hydroxyl groups is 1. The van der Waals surface area contributed by atoms with E-state index < -0.39 is 32.5 Å². The van der Waals surface area contributed by atoms with Crippen molar-refractivity contribution in [1.82, 2.24) is 0 Å². The highest BCUT2D eigenvalue weighted by Gasteiger charge is 2.25. The Morgan fingerprint density at radius 2 is 1.19 bits per heavy atom. The lowest BCUT2D eigenvalue weighted by atomic mass is 10.0. The Morgan fingerprint density at radius 1 is 0.648 bits per heavy atom. The lowest BCUT2D eigenvalue weighted by Crippen LogP contribution is -2.29. The summed E-state index contributed by atoms with van der Waals surface area (Å²) in [5.74, 6) is -0.919. The molecule has 0 saturated heterocycles. The Kier molecular flexibility index (Phi) is 37.7. The zero-order valence-corrected chi connectivity index (χ0v) is 35.0. The molecule has 10 nitrogen and oxygen atoms in total. The summed E-state index contributed by atoms with van der Waals surface area (Å²) >= 11 is 0. The normalized spacial score (nSPS) is 14.4. The summed E-state index contributed by atoms with van der Waals surface area (Å²) in [6.45, 7) is 3.53. The molecule has 0 amide bonds. The molecule has 0 spiro atoms. The molecule has 0 aliphatic heterocycles. The summed E-state index contributed by atoms with van der Waals surface area (Å²) in [5.41, 5.74) is 5.33. The first-order valence-electron chi connectivity index (χ1n) is 21.2. The van der Waals surface area contributed by atoms with E-state index in [9.17, 15) is 24.2 Å². The van der Waals surface area contributed by atoms with E-state index in [1.165, 1.54) is 77.0 Å². The quantitative estimate of drug-likeness (QED) is 0.0180. The SMILES string of the molecule is CCCCCCCCCCCCCCCCCC(=O)OC[C@H](COP(=O)(O)OCCN)OC(=O)CCC/C=C\C/C=C\C/C=C\C=C\[C@@H](O)CCCCC. The Labute approximate surface area is 329 Å². The van der Waals surface area contributed by atoms with Crippen LogP contribution in [0.3, 0.4) is 0 Å². The van der Waals surface area contributed by atoms with E-state index in [2.05, 4.69) is 26.0 Å². The minimum atomic E-state index is -4.40. The van der Waals surface area contributed by atoms with Crippen LogP contribution < -0.4 is 5.73 Å². The minimum Gasteiger partial charge on any atom is -0.462 e. The second-order valence-electron chi connectivity index (χ2n) is 14.1. The van der Waals surface area contributed by atoms with E-state index in [-0.39, 0.29) is 38.7 Å². The second-order valence-corrected chi connectivity index (χ2v) is 15.5. The molecule has 0 aliphatic rings. The van der Waals surface area contributed by atoms with Gasteiger partial charge in [0.25, 0.3) is 0 Å². The van der Waals surface area contributed by atoms with Crippen molar-refractivity contribution in [1.29, 1.82) is 0 Å². The van der Waals surface area contributed by atoms with Crippen LogP contribution in [-0.2, 0) is 32.7 Å². The Hall–Kier alpha value is -2.07. The van der Waals surface area contributed by atoms with Gasteiger partial charge in [-0.1, -0.05) is 172 Å². The maximum Gasteiger partial charge on any atom is 0.472 e. The van der Waals surface area contributed by atoms with Gasteiger partial charge in [-0.25, -0.2) is 4.57 Å². The Balaban J connectivity index is 4.31. The number of ether oxygens (including phenoxy) is 2. The number of nitrogens with two attached hydrogens (primary N) is 1. The zero-order valence-electron chi connectivity index (χ0n) is 34.1. The van der Waals surface area contributed by atoms with E-state index in [0.717, 1.165) is 57.8 Å². The third-order valence-corrected chi connectivity index (χ3v) is 9.81. The van der Waals surface area contributed by atoms with Crippen LogP contribution in [0.15, 0.2) is 48.6 Å². The van der Waals surface area contributed by atoms with Gasteiger partial charge in [-0.3, -0.25) is 18.6 Å². The smallest absolute Gasteiger partial charge is 0.462 e. The number of rotatable bonds is 39. The van der Waals surface area contributed by atoms with Crippen LogP contribution in [0, 0.1) is 0 Å². The summed E-state index contributed by atoms with van der Waals surface area (Å²) in [6.07, 6.45) is 40.4. The predicted molar refractivity (Wildman–Crippen MR) is 221 cm³/mol. The number of hydrogen-bond donors (Lipinski definition) is 3. The van der Waals surface area contributed by atoms with Crippen molar-refractivity contribution in [2.45, 2.75) is 187 Å². The highest BCUT2D eigenvalue weighted by atomic mass is 31.2. The van der Waals surface area contributed by atoms with Crippen molar-refractivity contribution in [3.8, 4) is 0 Å². The first kappa shape index (κ1) is 51.9. The average molecular weight is 784 g/mol. The van der Waals surface area contributed by atoms with E-state index in [0.29, 0.717) is 12.8 Å². The molecule has 1 unspecified atom stereocenters. The van der Waals surface area contributed by atoms with Crippen molar-refractivity contribution >= 4 is 19.8 Å². The van der Waals surface area contributed by atoms with Crippen molar-refractivity contribution in [3.63, 3.8) is 0 Å². The summed E-state index contributed by atoms with van der Waals surface area (Å²) in [5, 5.41) is 9.89. The number of unbranched alkanes of at least 4 members (excludes halogenated alkanes) is 17. The predicted octanol–water partition coefficient (Wildman–Crippen LogP) is 10.9. The summed E-state index contributed by atoms with van der Waals surface area (Å²) in [6, 6.07) is 0. The van der Waals surface area contributed by atoms with Crippen LogP contribution in [0.1, 0.15) is 174 Å². The van der Waals surface area contributed by atoms with Gasteiger partial charge in [0.2, 0.25) is 0 Å². The number of carbonyl (C=O) groups excluding carboxylic acids is 2. The molecule has 4 N–H and O–H groups in total. The maximum absolute atomic E-state index is 12.5. The van der Waals surface area contributed by atoms with Gasteiger partial charge < -0.3 is 25.2 Å². The number of allylic oxidation sites excluding steroid dienone is 7. The van der Waals surface area contributed by atoms with Gasteiger partial charge in [0.15, 0.2) is 6.10 Å². The lowest BCUT2D eigenvalue weighted by molar-refractivity contribution is -0.161. The van der Waals surface area contributed by atoms with Gasteiger partial charge in [0, 0.05) is 19.4 Å². The number of phosphoric acid groups is 1. The molecule has 0 saturated carbocycles. The number of phosphoric ester groups is 1. The third kappa shape index (κ3) is 38.2. The molecule has 11 heteroatoms. The van der Waals surface area contributed by atoms with E-state index in [1.54, 1.807) is 0 Å². The van der Waals surface area contributed by atoms with Gasteiger partial charge in [0.1, 0.15) is 6.61 Å². The number of esters is 2. The Morgan fingerprint density at radius 3 is 1.80 bits per heavy atom. The molecule has 0 fully saturated rings. The van der Waals surface area contributed by atoms with Gasteiger partial charge in [-0.15, -0.1) is 0 Å². The molecule has 0 radical (unpaired) electrons. The van der Waals surface area contributed by atoms with Gasteiger partial charge >= 0.3 is 19.8 Å². The first-order valence-corrected chi connectivity index (χ1v) is 22.7. The van der Waals surface area contributed by atoms with Crippen LogP contribution in [-0.4, -0.2) is 60.5 Å². The van der Waals surface area contributed by atoms with Crippen molar-refractivity contribution in [2.24, 2.45) is 5.73 Å². The van der Waals surface area contributed by atoms with Gasteiger partial charge in [0.05, 0.1) is 19.3 Å². The fourth-order valence-corrected chi connectivity index (χ4v) is 6.38. The minimum absolute atomic E-state index is 0.0366. The van der Waals surface area contributed by atoms with Crippen LogP contribution in [0.25, 0.3) is 0 Å². The van der Waals surface area contributed by atoms with Crippen LogP contribution in [0.2, 0.25) is 0 Å². The van der Waals surface area contributed by atoms with E-state index >= 15 is 0 Å². The number of aliphatic hydroxyl groups excluding tert-OH is 1. The highest BCUT2D eigenvalue weighted by Crippen LogP contribution is 2.43. The maximum atomic E-state index is 12.5. The molecular weight excluding hydrogens is 705 g/mol. The monoisotopic (exact) mass is 784 g/mol. The van der Waals surface area contributed by atoms with E-state index in [4.69, 9.17) is 24.3 Å². The molecule has 0 aromatic carbocycles. The molecule has 0 aliphatic carbocycles. The number of carbonyl (C=O) groups is 2. The molecular formula is C43H78NO9P. The molecule has 0 heterocycles. The molecule has 3 atom stereocenters. The first-order chi connectivity index (χ1) is 26.2. The molecule has 0 aromatic rings. The van der Waals surface area contributed by atoms with Gasteiger partial charge in [-0.05, 0) is 38.5 Å². The highest BCUT2D eigenvalue weighted by molar-refractivity contribution is 7.47. The van der Waals surface area contributed by atoms with Crippen molar-refractivity contribution < 1.29 is 42.7 Å². The van der Waals surface area contributed by atoms with E-state index in [1.807, 2.05) is 36.5 Å². The fourth-order valence-electron chi connectivity index (χ4n) is 5.62. The third-order valence-electron chi connectivity index (χ3n) is 8.82. The van der Waals surface area contributed by atoms with Crippen molar-refractivity contribution in [3.05, 3.63) is 48.6 Å². The van der Waals surface area contributed by atoms with Crippen LogP contribution in [0.5, 0.6) is 0 Å². The largest absolute Gasteiger partial charge is 0.472 e. The topological polar surface area (TPSA) is 155 Å². The lowest BCUT2D eigenvalue weighted by Gasteiger charge is -2.19. The standard InChI is InChI=1S/C43H78NO9P/c1-3-5-7-8-9-10-11-12-13-14-17-20-23-26-30-34-42(46)50-38-41(39-52-54(48,49)51-37-36-44)53-43(47)35-31-27-24-21-18-15-16-19-22-25-29-33-40(45)32-28-6-4-2/h15-16,21-22,24-25,29,33,40-41,45H,3-14,17-20,23,26-28,30-32,34-39,44H2,1-2H3,(H,48,49)/b16-15-,24-21-,25-22-,33-29+/t40-,41+/m0/s1. The summed E-state index contributed by atoms with van der Waals surface area (Å²) < 4.78 is 32.7. The zero-order chi connectivity index (χ0) is 39.8. The second kappa shape index (κ2) is 39.2. The molecule has 0 aromatic heterocycles. The molecule has 314 valence electrons. The van der Waals surface area contributed by atoms with Gasteiger partial charge in [-0.2, -0.15) is 0 Å². The number of hydrogen-bond acceptors (Lipinski definition) is 9.